The van der Waals surface area contributed by atoms with Crippen molar-refractivity contribution in [1.82, 2.24) is 15.4 Å². The van der Waals surface area contributed by atoms with Crippen LogP contribution in [0.15, 0.2) is 10.6 Å². The van der Waals surface area contributed by atoms with Crippen LogP contribution in [0.1, 0.15) is 38.6 Å². The molecule has 0 spiro atoms. The van der Waals surface area contributed by atoms with Gasteiger partial charge in [-0.3, -0.25) is 9.59 Å². The molecule has 2 rings (SSSR count). The average Bonchev–Trinajstić information content (AvgIpc) is 2.77. The van der Waals surface area contributed by atoms with Crippen molar-refractivity contribution >= 4 is 11.8 Å². The summed E-state index contributed by atoms with van der Waals surface area (Å²) in [6, 6.07) is 0.860. The molecule has 0 radical (unpaired) electrons. The fourth-order valence-corrected chi connectivity index (χ4v) is 2.40. The van der Waals surface area contributed by atoms with E-state index in [1.807, 2.05) is 13.8 Å². The lowest BCUT2D eigenvalue weighted by Gasteiger charge is -2.37. The first-order chi connectivity index (χ1) is 9.38. The molecule has 6 nitrogen and oxygen atoms in total. The van der Waals surface area contributed by atoms with Crippen LogP contribution in [0, 0.1) is 12.8 Å². The number of amides is 2. The lowest BCUT2D eigenvalue weighted by atomic mass is 9.99. The molecular weight excluding hydrogens is 258 g/mol. The minimum absolute atomic E-state index is 0.0496. The summed E-state index contributed by atoms with van der Waals surface area (Å²) in [6.07, 6.45) is 0.644. The molecule has 2 heterocycles. The van der Waals surface area contributed by atoms with E-state index < -0.39 is 12.1 Å². The highest BCUT2D eigenvalue weighted by molar-refractivity contribution is 5.96. The van der Waals surface area contributed by atoms with Gasteiger partial charge in [0, 0.05) is 6.07 Å². The van der Waals surface area contributed by atoms with Crippen molar-refractivity contribution in [3.8, 4) is 0 Å². The van der Waals surface area contributed by atoms with Gasteiger partial charge in [-0.25, -0.2) is 0 Å². The van der Waals surface area contributed by atoms with Crippen LogP contribution in [0.3, 0.4) is 0 Å². The van der Waals surface area contributed by atoms with Crippen molar-refractivity contribution in [2.24, 2.45) is 5.92 Å². The van der Waals surface area contributed by atoms with Gasteiger partial charge in [-0.2, -0.15) is 0 Å². The number of piperazine rings is 1. The lowest BCUT2D eigenvalue weighted by molar-refractivity contribution is -0.149. The normalized spacial score (nSPS) is 23.4. The number of nitrogens with one attached hydrogen (secondary N) is 1. The molecule has 0 bridgehead atoms. The minimum Gasteiger partial charge on any atom is -0.361 e. The Balaban J connectivity index is 2.15. The van der Waals surface area contributed by atoms with Gasteiger partial charge in [0.15, 0.2) is 0 Å². The van der Waals surface area contributed by atoms with Gasteiger partial charge in [0.05, 0.1) is 6.54 Å². The molecule has 2 amide bonds. The van der Waals surface area contributed by atoms with Crippen LogP contribution in [0.4, 0.5) is 0 Å². The third-order valence-electron chi connectivity index (χ3n) is 3.46. The van der Waals surface area contributed by atoms with Crippen molar-refractivity contribution in [2.45, 2.75) is 52.7 Å². The van der Waals surface area contributed by atoms with Gasteiger partial charge in [-0.15, -0.1) is 0 Å². The second-order valence-corrected chi connectivity index (χ2v) is 5.76. The fraction of sp³-hybridized carbons (Fsp3) is 0.643. The Morgan fingerprint density at radius 3 is 2.70 bits per heavy atom. The van der Waals surface area contributed by atoms with Crippen LogP contribution in [0.2, 0.25) is 0 Å². The van der Waals surface area contributed by atoms with Crippen molar-refractivity contribution in [3.05, 3.63) is 17.5 Å². The van der Waals surface area contributed by atoms with E-state index in [1.165, 1.54) is 0 Å². The molecule has 1 aliphatic rings. The Hall–Kier alpha value is -1.85. The molecule has 20 heavy (non-hydrogen) atoms. The van der Waals surface area contributed by atoms with E-state index in [2.05, 4.69) is 10.5 Å². The number of aryl methyl sites for hydroxylation is 1. The molecule has 1 fully saturated rings. The average molecular weight is 279 g/mol. The summed E-state index contributed by atoms with van der Waals surface area (Å²) < 4.78 is 5.01. The third kappa shape index (κ3) is 3.00. The molecule has 1 aliphatic heterocycles. The highest BCUT2D eigenvalue weighted by Crippen LogP contribution is 2.18. The predicted octanol–water partition coefficient (Wildman–Crippen LogP) is 1.24. The molecule has 2 atom stereocenters. The molecule has 1 aromatic rings. The quantitative estimate of drug-likeness (QED) is 0.900. The maximum absolute atomic E-state index is 12.5. The Kier molecular flexibility index (Phi) is 4.11. The van der Waals surface area contributed by atoms with Crippen LogP contribution in [0.5, 0.6) is 0 Å². The zero-order valence-electron chi connectivity index (χ0n) is 12.3. The Morgan fingerprint density at radius 2 is 2.15 bits per heavy atom. The first-order valence-electron chi connectivity index (χ1n) is 6.91. The minimum atomic E-state index is -0.483. The fourth-order valence-electron chi connectivity index (χ4n) is 2.40. The Morgan fingerprint density at radius 1 is 1.45 bits per heavy atom. The zero-order chi connectivity index (χ0) is 14.9. The van der Waals surface area contributed by atoms with Crippen LogP contribution in [-0.4, -0.2) is 34.0 Å². The summed E-state index contributed by atoms with van der Waals surface area (Å²) in [5.41, 5.74) is 0.667. The molecule has 1 saturated heterocycles. The molecular formula is C14H21N3O3. The van der Waals surface area contributed by atoms with Crippen LogP contribution >= 0.6 is 0 Å². The Labute approximate surface area is 118 Å². The molecule has 110 valence electrons. The molecule has 0 aliphatic carbocycles. The van der Waals surface area contributed by atoms with Crippen LogP contribution in [-0.2, 0) is 16.1 Å². The number of hydrogen-bond acceptors (Lipinski definition) is 4. The van der Waals surface area contributed by atoms with E-state index in [4.69, 9.17) is 4.52 Å². The van der Waals surface area contributed by atoms with E-state index >= 15 is 0 Å². The Bertz CT molecular complexity index is 510. The summed E-state index contributed by atoms with van der Waals surface area (Å²) in [5.74, 6) is 0.871. The zero-order valence-corrected chi connectivity index (χ0v) is 12.3. The maximum atomic E-state index is 12.5. The molecule has 0 saturated carbocycles. The van der Waals surface area contributed by atoms with E-state index in [9.17, 15) is 9.59 Å². The standard InChI is InChI=1S/C14H21N3O3/c1-8(2)5-12-14(19)17(10(4)13(18)15-12)7-11-6-9(3)20-16-11/h6,8,10,12H,5,7H2,1-4H3,(H,15,18). The molecule has 1 N–H and O–H groups in total. The summed E-state index contributed by atoms with van der Waals surface area (Å²) in [4.78, 5) is 26.0. The van der Waals surface area contributed by atoms with Crippen molar-refractivity contribution in [1.29, 1.82) is 0 Å². The first kappa shape index (κ1) is 14.6. The smallest absolute Gasteiger partial charge is 0.246 e. The SMILES string of the molecule is Cc1cc(CN2C(=O)C(CC(C)C)NC(=O)C2C)no1. The highest BCUT2D eigenvalue weighted by Gasteiger charge is 2.38. The summed E-state index contributed by atoms with van der Waals surface area (Å²) in [5, 5.41) is 6.68. The molecule has 6 heteroatoms. The van der Waals surface area contributed by atoms with E-state index in [0.717, 1.165) is 0 Å². The van der Waals surface area contributed by atoms with Crippen LogP contribution < -0.4 is 5.32 Å². The molecule has 0 aromatic carbocycles. The summed E-state index contributed by atoms with van der Waals surface area (Å²) in [7, 11) is 0. The van der Waals surface area contributed by atoms with Gasteiger partial charge < -0.3 is 14.7 Å². The maximum Gasteiger partial charge on any atom is 0.246 e. The van der Waals surface area contributed by atoms with Crippen molar-refractivity contribution < 1.29 is 14.1 Å². The van der Waals surface area contributed by atoms with Crippen molar-refractivity contribution in [3.63, 3.8) is 0 Å². The largest absolute Gasteiger partial charge is 0.361 e. The van der Waals surface area contributed by atoms with Gasteiger partial charge in [-0.05, 0) is 26.2 Å². The number of nitrogens with zero attached hydrogens (tertiary/aromatic N) is 2. The number of hydrogen-bond donors (Lipinski definition) is 1. The summed E-state index contributed by atoms with van der Waals surface area (Å²) in [6.45, 7) is 7.89. The second-order valence-electron chi connectivity index (χ2n) is 5.76. The van der Waals surface area contributed by atoms with E-state index in [1.54, 1.807) is 24.8 Å². The van der Waals surface area contributed by atoms with Crippen LogP contribution in [0.25, 0.3) is 0 Å². The molecule has 2 unspecified atom stereocenters. The van der Waals surface area contributed by atoms with E-state index in [-0.39, 0.29) is 11.8 Å². The highest BCUT2D eigenvalue weighted by atomic mass is 16.5. The first-order valence-corrected chi connectivity index (χ1v) is 6.91. The molecule has 1 aromatic heterocycles. The van der Waals surface area contributed by atoms with E-state index in [0.29, 0.717) is 30.3 Å². The van der Waals surface area contributed by atoms with Gasteiger partial charge in [0.1, 0.15) is 23.5 Å². The number of carbonyl (C=O) groups is 2. The van der Waals surface area contributed by atoms with Crippen molar-refractivity contribution in [2.75, 3.05) is 0 Å². The van der Waals surface area contributed by atoms with Gasteiger partial charge in [0.2, 0.25) is 11.8 Å². The van der Waals surface area contributed by atoms with Gasteiger partial charge in [0.25, 0.3) is 0 Å². The third-order valence-corrected chi connectivity index (χ3v) is 3.46. The lowest BCUT2D eigenvalue weighted by Crippen LogP contribution is -2.62. The topological polar surface area (TPSA) is 75.4 Å². The van der Waals surface area contributed by atoms with Gasteiger partial charge in [-0.1, -0.05) is 19.0 Å². The second kappa shape index (κ2) is 5.64. The number of aromatic nitrogens is 1. The van der Waals surface area contributed by atoms with Gasteiger partial charge >= 0.3 is 0 Å². The predicted molar refractivity (Wildman–Crippen MR) is 72.6 cm³/mol. The monoisotopic (exact) mass is 279 g/mol. The number of rotatable bonds is 4. The summed E-state index contributed by atoms with van der Waals surface area (Å²) >= 11 is 0. The number of carbonyl (C=O) groups excluding carboxylic acids is 2.